The van der Waals surface area contributed by atoms with Crippen LogP contribution in [0.3, 0.4) is 0 Å². The van der Waals surface area contributed by atoms with Crippen LogP contribution in [0.15, 0.2) is 12.3 Å². The second-order valence-corrected chi connectivity index (χ2v) is 7.72. The van der Waals surface area contributed by atoms with Gasteiger partial charge in [-0.3, -0.25) is 0 Å². The predicted molar refractivity (Wildman–Crippen MR) is 95.4 cm³/mol. The van der Waals surface area contributed by atoms with Gasteiger partial charge in [-0.15, -0.1) is 0 Å². The number of ether oxygens (including phenoxy) is 1. The van der Waals surface area contributed by atoms with Gasteiger partial charge in [0.05, 0.1) is 12.9 Å². The first-order valence-electron chi connectivity index (χ1n) is 9.20. The average Bonchev–Trinajstić information content (AvgIpc) is 2.37. The van der Waals surface area contributed by atoms with Gasteiger partial charge in [0.2, 0.25) is 0 Å². The zero-order valence-electron chi connectivity index (χ0n) is 15.5. The van der Waals surface area contributed by atoms with Crippen molar-refractivity contribution >= 4 is 0 Å². The number of hydrogen-bond donors (Lipinski definition) is 0. The van der Waals surface area contributed by atoms with Gasteiger partial charge in [-0.1, -0.05) is 73.6 Å². The highest BCUT2D eigenvalue weighted by Gasteiger charge is 2.03. The smallest absolute Gasteiger partial charge is 0.0875 e. The Bertz CT molecular complexity index is 242. The van der Waals surface area contributed by atoms with Crippen LogP contribution in [0.4, 0.5) is 0 Å². The summed E-state index contributed by atoms with van der Waals surface area (Å²) in [4.78, 5) is 0. The fourth-order valence-electron chi connectivity index (χ4n) is 2.49. The molecule has 0 spiro atoms. The fraction of sp³-hybridized carbons (Fsp3) is 0.900. The van der Waals surface area contributed by atoms with Gasteiger partial charge < -0.3 is 4.74 Å². The molecule has 0 saturated heterocycles. The molecule has 0 bridgehead atoms. The molecular formula is C20H40O. The van der Waals surface area contributed by atoms with Gasteiger partial charge in [0.15, 0.2) is 0 Å². The maximum absolute atomic E-state index is 5.65. The van der Waals surface area contributed by atoms with E-state index in [1.165, 1.54) is 44.9 Å². The summed E-state index contributed by atoms with van der Waals surface area (Å²) in [6.45, 7) is 14.7. The number of rotatable bonds is 13. The lowest BCUT2D eigenvalue weighted by atomic mass is 9.98. The highest BCUT2D eigenvalue weighted by atomic mass is 16.5. The van der Waals surface area contributed by atoms with E-state index in [-0.39, 0.29) is 0 Å². The van der Waals surface area contributed by atoms with E-state index in [4.69, 9.17) is 4.74 Å². The van der Waals surface area contributed by atoms with Crippen LogP contribution < -0.4 is 0 Å². The van der Waals surface area contributed by atoms with Gasteiger partial charge in [0.25, 0.3) is 0 Å². The largest absolute Gasteiger partial charge is 0.502 e. The van der Waals surface area contributed by atoms with Crippen molar-refractivity contribution in [3.05, 3.63) is 12.3 Å². The standard InChI is InChI=1S/C20H40O/c1-17(2)9-7-11-19(5)13-15-21-16-14-20(6)12-8-10-18(3)4/h13,15,17-20H,7-12,14,16H2,1-6H3. The fourth-order valence-corrected chi connectivity index (χ4v) is 2.49. The summed E-state index contributed by atoms with van der Waals surface area (Å²) in [5.74, 6) is 3.11. The van der Waals surface area contributed by atoms with Crippen LogP contribution in [0.2, 0.25) is 0 Å². The van der Waals surface area contributed by atoms with Crippen LogP contribution in [0.5, 0.6) is 0 Å². The van der Waals surface area contributed by atoms with Gasteiger partial charge in [0, 0.05) is 0 Å². The third kappa shape index (κ3) is 15.7. The Labute approximate surface area is 134 Å². The van der Waals surface area contributed by atoms with E-state index in [0.717, 1.165) is 24.4 Å². The molecule has 0 radical (unpaired) electrons. The summed E-state index contributed by atoms with van der Waals surface area (Å²) in [5, 5.41) is 0. The molecule has 0 aliphatic rings. The zero-order chi connectivity index (χ0) is 16.1. The van der Waals surface area contributed by atoms with Crippen LogP contribution >= 0.6 is 0 Å². The van der Waals surface area contributed by atoms with E-state index in [1.807, 2.05) is 6.26 Å². The Hall–Kier alpha value is -0.460. The molecule has 0 aromatic rings. The Morgan fingerprint density at radius 1 is 0.714 bits per heavy atom. The van der Waals surface area contributed by atoms with E-state index >= 15 is 0 Å². The molecule has 0 aliphatic heterocycles. The van der Waals surface area contributed by atoms with E-state index in [1.54, 1.807) is 0 Å². The van der Waals surface area contributed by atoms with Gasteiger partial charge in [-0.2, -0.15) is 0 Å². The van der Waals surface area contributed by atoms with Crippen molar-refractivity contribution in [2.45, 2.75) is 86.5 Å². The lowest BCUT2D eigenvalue weighted by molar-refractivity contribution is 0.219. The molecule has 1 nitrogen and oxygen atoms in total. The maximum Gasteiger partial charge on any atom is 0.0875 e. The molecule has 2 atom stereocenters. The Balaban J connectivity index is 3.49. The predicted octanol–water partition coefficient (Wildman–Crippen LogP) is 6.83. The second-order valence-electron chi connectivity index (χ2n) is 7.72. The molecule has 0 heterocycles. The van der Waals surface area contributed by atoms with Crippen LogP contribution in [-0.4, -0.2) is 6.61 Å². The van der Waals surface area contributed by atoms with E-state index < -0.39 is 0 Å². The minimum atomic E-state index is 0.646. The molecule has 1 heteroatoms. The molecule has 2 unspecified atom stereocenters. The van der Waals surface area contributed by atoms with Crippen molar-refractivity contribution in [2.24, 2.45) is 23.7 Å². The highest BCUT2D eigenvalue weighted by Crippen LogP contribution is 2.16. The molecule has 0 N–H and O–H groups in total. The lowest BCUT2D eigenvalue weighted by Crippen LogP contribution is -2.01. The monoisotopic (exact) mass is 296 g/mol. The van der Waals surface area contributed by atoms with Crippen molar-refractivity contribution in [3.63, 3.8) is 0 Å². The van der Waals surface area contributed by atoms with Crippen molar-refractivity contribution in [1.82, 2.24) is 0 Å². The summed E-state index contributed by atoms with van der Waals surface area (Å²) in [7, 11) is 0. The zero-order valence-corrected chi connectivity index (χ0v) is 15.5. The van der Waals surface area contributed by atoms with Crippen LogP contribution in [-0.2, 0) is 4.74 Å². The molecule has 0 rings (SSSR count). The molecular weight excluding hydrogens is 256 g/mol. The average molecular weight is 297 g/mol. The Morgan fingerprint density at radius 2 is 1.29 bits per heavy atom. The minimum absolute atomic E-state index is 0.646. The summed E-state index contributed by atoms with van der Waals surface area (Å²) >= 11 is 0. The quantitative estimate of drug-likeness (QED) is 0.267. The first-order valence-corrected chi connectivity index (χ1v) is 9.20. The molecule has 0 aliphatic carbocycles. The van der Waals surface area contributed by atoms with Crippen LogP contribution in [0.25, 0.3) is 0 Å². The van der Waals surface area contributed by atoms with Crippen LogP contribution in [0.1, 0.15) is 86.5 Å². The summed E-state index contributed by atoms with van der Waals surface area (Å²) in [6.07, 6.45) is 13.4. The molecule has 126 valence electrons. The van der Waals surface area contributed by atoms with Gasteiger partial charge in [-0.05, 0) is 42.6 Å². The topological polar surface area (TPSA) is 9.23 Å². The normalized spacial score (nSPS) is 15.0. The second kappa shape index (κ2) is 13.2. The van der Waals surface area contributed by atoms with Gasteiger partial charge >= 0.3 is 0 Å². The number of hydrogen-bond acceptors (Lipinski definition) is 1. The molecule has 0 saturated carbocycles. The Morgan fingerprint density at radius 3 is 1.86 bits per heavy atom. The number of allylic oxidation sites excluding steroid dienone is 1. The van der Waals surface area contributed by atoms with Gasteiger partial charge in [0.1, 0.15) is 0 Å². The van der Waals surface area contributed by atoms with E-state index in [0.29, 0.717) is 5.92 Å². The SMILES string of the molecule is CC(C)CCCC(C)C=COCCC(C)CCCC(C)C. The third-order valence-electron chi connectivity index (χ3n) is 4.15. The molecule has 0 amide bonds. The van der Waals surface area contributed by atoms with Crippen molar-refractivity contribution in [3.8, 4) is 0 Å². The summed E-state index contributed by atoms with van der Waals surface area (Å²) in [5.41, 5.74) is 0. The van der Waals surface area contributed by atoms with Crippen molar-refractivity contribution < 1.29 is 4.74 Å². The first-order chi connectivity index (χ1) is 9.91. The minimum Gasteiger partial charge on any atom is -0.502 e. The molecule has 0 aromatic heterocycles. The maximum atomic E-state index is 5.65. The van der Waals surface area contributed by atoms with Crippen LogP contribution in [0, 0.1) is 23.7 Å². The molecule has 0 aromatic carbocycles. The lowest BCUT2D eigenvalue weighted by Gasteiger charge is -2.12. The van der Waals surface area contributed by atoms with E-state index in [9.17, 15) is 0 Å². The highest BCUT2D eigenvalue weighted by molar-refractivity contribution is 4.80. The molecule has 0 fully saturated rings. The first kappa shape index (κ1) is 20.5. The van der Waals surface area contributed by atoms with Crippen molar-refractivity contribution in [2.75, 3.05) is 6.61 Å². The summed E-state index contributed by atoms with van der Waals surface area (Å²) < 4.78 is 5.65. The third-order valence-corrected chi connectivity index (χ3v) is 4.15. The van der Waals surface area contributed by atoms with Crippen molar-refractivity contribution in [1.29, 1.82) is 0 Å². The summed E-state index contributed by atoms with van der Waals surface area (Å²) in [6, 6.07) is 0. The molecule has 21 heavy (non-hydrogen) atoms. The van der Waals surface area contributed by atoms with Gasteiger partial charge in [-0.25, -0.2) is 0 Å². The Kier molecular flexibility index (Phi) is 12.9. The van der Waals surface area contributed by atoms with E-state index in [2.05, 4.69) is 47.6 Å².